The molecule has 0 aromatic heterocycles. The van der Waals surface area contributed by atoms with Crippen molar-refractivity contribution in [1.29, 1.82) is 5.26 Å². The van der Waals surface area contributed by atoms with Crippen LogP contribution in [0.1, 0.15) is 13.3 Å². The first-order valence-corrected chi connectivity index (χ1v) is 4.63. The average molecular weight is 186 g/mol. The van der Waals surface area contributed by atoms with Gasteiger partial charge in [0.25, 0.3) is 0 Å². The Balaban J connectivity index is 3.40. The van der Waals surface area contributed by atoms with Crippen LogP contribution in [-0.2, 0) is 4.74 Å². The lowest BCUT2D eigenvalue weighted by Crippen LogP contribution is -2.29. The van der Waals surface area contributed by atoms with E-state index < -0.39 is 0 Å². The Labute approximate surface area is 79.7 Å². The molecule has 0 spiro atoms. The number of hydrogen-bond donors (Lipinski definition) is 1. The standard InChI is InChI=1S/C9H18N2O2/c1-2-4-11(5-3-10)6-8-13-9-7-12/h12H,2,4-9H2,1H3. The summed E-state index contributed by atoms with van der Waals surface area (Å²) in [7, 11) is 0. The Hall–Kier alpha value is -0.630. The van der Waals surface area contributed by atoms with Crippen molar-refractivity contribution in [2.75, 3.05) is 39.5 Å². The zero-order valence-electron chi connectivity index (χ0n) is 8.20. The molecule has 0 saturated heterocycles. The highest BCUT2D eigenvalue weighted by molar-refractivity contribution is 4.75. The molecule has 13 heavy (non-hydrogen) atoms. The SMILES string of the molecule is CCCN(CC#N)CCOCCO. The van der Waals surface area contributed by atoms with Crippen molar-refractivity contribution in [1.82, 2.24) is 4.90 Å². The van der Waals surface area contributed by atoms with Crippen LogP contribution in [0.15, 0.2) is 0 Å². The zero-order valence-corrected chi connectivity index (χ0v) is 8.20. The van der Waals surface area contributed by atoms with Gasteiger partial charge in [0.15, 0.2) is 0 Å². The predicted octanol–water partition coefficient (Wildman–Crippen LogP) is 0.231. The van der Waals surface area contributed by atoms with Gasteiger partial charge in [-0.25, -0.2) is 0 Å². The van der Waals surface area contributed by atoms with Crippen molar-refractivity contribution < 1.29 is 9.84 Å². The van der Waals surface area contributed by atoms with Crippen LogP contribution in [0.25, 0.3) is 0 Å². The van der Waals surface area contributed by atoms with E-state index in [1.807, 2.05) is 4.90 Å². The quantitative estimate of drug-likeness (QED) is 0.435. The van der Waals surface area contributed by atoms with Crippen LogP contribution in [-0.4, -0.2) is 49.5 Å². The van der Waals surface area contributed by atoms with Crippen molar-refractivity contribution >= 4 is 0 Å². The van der Waals surface area contributed by atoms with Crippen molar-refractivity contribution in [3.8, 4) is 6.07 Å². The van der Waals surface area contributed by atoms with Gasteiger partial charge in [0.2, 0.25) is 0 Å². The minimum Gasteiger partial charge on any atom is -0.394 e. The summed E-state index contributed by atoms with van der Waals surface area (Å²) in [5.74, 6) is 0. The molecule has 0 aromatic carbocycles. The van der Waals surface area contributed by atoms with Crippen molar-refractivity contribution in [3.05, 3.63) is 0 Å². The summed E-state index contributed by atoms with van der Waals surface area (Å²) in [6.07, 6.45) is 1.04. The second-order valence-corrected chi connectivity index (χ2v) is 2.77. The molecule has 0 saturated carbocycles. The van der Waals surface area contributed by atoms with E-state index in [1.54, 1.807) is 0 Å². The first kappa shape index (κ1) is 12.4. The first-order chi connectivity index (χ1) is 6.35. The summed E-state index contributed by atoms with van der Waals surface area (Å²) < 4.78 is 5.10. The van der Waals surface area contributed by atoms with E-state index in [2.05, 4.69) is 13.0 Å². The van der Waals surface area contributed by atoms with E-state index in [9.17, 15) is 0 Å². The normalized spacial score (nSPS) is 10.3. The van der Waals surface area contributed by atoms with Crippen molar-refractivity contribution in [3.63, 3.8) is 0 Å². The van der Waals surface area contributed by atoms with E-state index in [1.165, 1.54) is 0 Å². The second-order valence-electron chi connectivity index (χ2n) is 2.77. The Bertz CT molecular complexity index is 145. The molecule has 4 nitrogen and oxygen atoms in total. The third-order valence-corrected chi connectivity index (χ3v) is 1.62. The molecule has 0 aromatic rings. The van der Waals surface area contributed by atoms with E-state index in [0.717, 1.165) is 19.5 Å². The highest BCUT2D eigenvalue weighted by atomic mass is 16.5. The van der Waals surface area contributed by atoms with Gasteiger partial charge in [-0.2, -0.15) is 5.26 Å². The molecule has 0 fully saturated rings. The minimum absolute atomic E-state index is 0.0615. The van der Waals surface area contributed by atoms with Crippen molar-refractivity contribution in [2.24, 2.45) is 0 Å². The molecule has 0 amide bonds. The van der Waals surface area contributed by atoms with Crippen LogP contribution in [0, 0.1) is 11.3 Å². The fourth-order valence-electron chi connectivity index (χ4n) is 1.05. The number of ether oxygens (including phenoxy) is 1. The van der Waals surface area contributed by atoms with Crippen LogP contribution >= 0.6 is 0 Å². The van der Waals surface area contributed by atoms with Gasteiger partial charge in [-0.15, -0.1) is 0 Å². The van der Waals surface area contributed by atoms with Crippen LogP contribution in [0.5, 0.6) is 0 Å². The van der Waals surface area contributed by atoms with Crippen LogP contribution in [0.4, 0.5) is 0 Å². The average Bonchev–Trinajstić information content (AvgIpc) is 2.13. The Kier molecular flexibility index (Phi) is 9.00. The predicted molar refractivity (Wildman–Crippen MR) is 50.2 cm³/mol. The topological polar surface area (TPSA) is 56.5 Å². The van der Waals surface area contributed by atoms with E-state index in [4.69, 9.17) is 15.1 Å². The van der Waals surface area contributed by atoms with Gasteiger partial charge in [0.05, 0.1) is 32.4 Å². The van der Waals surface area contributed by atoms with Crippen molar-refractivity contribution in [2.45, 2.75) is 13.3 Å². The Morgan fingerprint density at radius 2 is 2.15 bits per heavy atom. The Morgan fingerprint density at radius 3 is 2.69 bits per heavy atom. The molecular formula is C9H18N2O2. The summed E-state index contributed by atoms with van der Waals surface area (Å²) >= 11 is 0. The third-order valence-electron chi connectivity index (χ3n) is 1.62. The molecule has 76 valence electrons. The lowest BCUT2D eigenvalue weighted by molar-refractivity contribution is 0.0761. The molecule has 0 aliphatic rings. The molecule has 0 bridgehead atoms. The maximum atomic E-state index is 8.49. The number of aliphatic hydroxyl groups is 1. The second kappa shape index (κ2) is 9.46. The van der Waals surface area contributed by atoms with Crippen LogP contribution in [0.3, 0.4) is 0 Å². The van der Waals surface area contributed by atoms with E-state index in [0.29, 0.717) is 19.8 Å². The fraction of sp³-hybridized carbons (Fsp3) is 0.889. The third kappa shape index (κ3) is 7.72. The van der Waals surface area contributed by atoms with Gasteiger partial charge in [-0.3, -0.25) is 4.90 Å². The molecule has 1 N–H and O–H groups in total. The van der Waals surface area contributed by atoms with Crippen LogP contribution in [0.2, 0.25) is 0 Å². The molecule has 0 atom stereocenters. The fourth-order valence-corrected chi connectivity index (χ4v) is 1.05. The number of aliphatic hydroxyl groups excluding tert-OH is 1. The van der Waals surface area contributed by atoms with Gasteiger partial charge in [-0.1, -0.05) is 6.92 Å². The smallest absolute Gasteiger partial charge is 0.0866 e. The lowest BCUT2D eigenvalue weighted by atomic mass is 10.4. The van der Waals surface area contributed by atoms with Gasteiger partial charge in [-0.05, 0) is 13.0 Å². The van der Waals surface area contributed by atoms with Gasteiger partial charge < -0.3 is 9.84 Å². The summed E-state index contributed by atoms with van der Waals surface area (Å²) in [5, 5.41) is 16.9. The number of hydrogen-bond acceptors (Lipinski definition) is 4. The molecule has 0 aliphatic carbocycles. The summed E-state index contributed by atoms with van der Waals surface area (Å²) in [6, 6.07) is 2.11. The molecule has 0 radical (unpaired) electrons. The van der Waals surface area contributed by atoms with E-state index in [-0.39, 0.29) is 6.61 Å². The largest absolute Gasteiger partial charge is 0.394 e. The maximum Gasteiger partial charge on any atom is 0.0866 e. The molecule has 0 heterocycles. The molecule has 4 heteroatoms. The highest BCUT2D eigenvalue weighted by Crippen LogP contribution is 1.90. The first-order valence-electron chi connectivity index (χ1n) is 4.63. The summed E-state index contributed by atoms with van der Waals surface area (Å²) in [5.41, 5.74) is 0. The summed E-state index contributed by atoms with van der Waals surface area (Å²) in [6.45, 7) is 5.26. The Morgan fingerprint density at radius 1 is 1.38 bits per heavy atom. The maximum absolute atomic E-state index is 8.49. The van der Waals surface area contributed by atoms with Gasteiger partial charge in [0, 0.05) is 6.54 Å². The summed E-state index contributed by atoms with van der Waals surface area (Å²) in [4.78, 5) is 2.04. The van der Waals surface area contributed by atoms with E-state index >= 15 is 0 Å². The molecule has 0 aliphatic heterocycles. The monoisotopic (exact) mass is 186 g/mol. The number of rotatable bonds is 8. The molecule has 0 unspecified atom stereocenters. The molecular weight excluding hydrogens is 168 g/mol. The van der Waals surface area contributed by atoms with Crippen LogP contribution < -0.4 is 0 Å². The number of nitrogens with zero attached hydrogens (tertiary/aromatic N) is 2. The zero-order chi connectivity index (χ0) is 9.94. The lowest BCUT2D eigenvalue weighted by Gasteiger charge is -2.17. The highest BCUT2D eigenvalue weighted by Gasteiger charge is 2.01. The minimum atomic E-state index is 0.0615. The van der Waals surface area contributed by atoms with Gasteiger partial charge in [0.1, 0.15) is 0 Å². The molecule has 0 rings (SSSR count). The van der Waals surface area contributed by atoms with Gasteiger partial charge >= 0.3 is 0 Å². The number of nitriles is 1.